The second-order valence-electron chi connectivity index (χ2n) is 3.92. The number of thioether (sulfide) groups is 1. The SMILES string of the molecule is CSC(=Nc1ccc(-n2cccc2)c(C)c1)NC#N. The summed E-state index contributed by atoms with van der Waals surface area (Å²) in [6, 6.07) is 9.96. The predicted molar refractivity (Wildman–Crippen MR) is 79.9 cm³/mol. The molecule has 0 spiro atoms. The van der Waals surface area contributed by atoms with Crippen LogP contribution in [0.5, 0.6) is 0 Å². The van der Waals surface area contributed by atoms with Crippen molar-refractivity contribution < 1.29 is 0 Å². The van der Waals surface area contributed by atoms with Crippen molar-refractivity contribution in [2.45, 2.75) is 6.92 Å². The maximum Gasteiger partial charge on any atom is 0.183 e. The van der Waals surface area contributed by atoms with Crippen LogP contribution in [0.25, 0.3) is 5.69 Å². The Morgan fingerprint density at radius 1 is 1.37 bits per heavy atom. The Morgan fingerprint density at radius 3 is 2.68 bits per heavy atom. The first-order valence-corrected chi connectivity index (χ1v) is 6.99. The van der Waals surface area contributed by atoms with E-state index in [9.17, 15) is 0 Å². The third kappa shape index (κ3) is 3.18. The molecule has 0 saturated carbocycles. The van der Waals surface area contributed by atoms with E-state index in [1.54, 1.807) is 0 Å². The molecule has 1 heterocycles. The van der Waals surface area contributed by atoms with Gasteiger partial charge < -0.3 is 4.57 Å². The minimum atomic E-state index is 0.593. The lowest BCUT2D eigenvalue weighted by molar-refractivity contribution is 1.06. The van der Waals surface area contributed by atoms with Crippen LogP contribution >= 0.6 is 11.8 Å². The molecule has 0 aliphatic carbocycles. The van der Waals surface area contributed by atoms with E-state index in [4.69, 9.17) is 5.26 Å². The van der Waals surface area contributed by atoms with Gasteiger partial charge in [0, 0.05) is 18.1 Å². The first-order chi connectivity index (χ1) is 9.24. The highest BCUT2D eigenvalue weighted by Gasteiger charge is 2.02. The average Bonchev–Trinajstić information content (AvgIpc) is 2.92. The van der Waals surface area contributed by atoms with Gasteiger partial charge in [-0.15, -0.1) is 0 Å². The van der Waals surface area contributed by atoms with Gasteiger partial charge in [-0.2, -0.15) is 5.26 Å². The molecular formula is C14H14N4S. The number of hydrogen-bond acceptors (Lipinski definition) is 3. The second-order valence-corrected chi connectivity index (χ2v) is 4.71. The topological polar surface area (TPSA) is 53.1 Å². The van der Waals surface area contributed by atoms with Gasteiger partial charge in [-0.25, -0.2) is 4.99 Å². The zero-order chi connectivity index (χ0) is 13.7. The number of rotatable bonds is 2. The van der Waals surface area contributed by atoms with E-state index in [0.717, 1.165) is 16.9 Å². The lowest BCUT2D eigenvalue weighted by atomic mass is 10.2. The van der Waals surface area contributed by atoms with Crippen LogP contribution in [0.4, 0.5) is 5.69 Å². The zero-order valence-corrected chi connectivity index (χ0v) is 11.6. The number of nitriles is 1. The molecule has 0 atom stereocenters. The molecule has 96 valence electrons. The molecule has 4 nitrogen and oxygen atoms in total. The molecule has 0 fully saturated rings. The van der Waals surface area contributed by atoms with Crippen molar-refractivity contribution in [3.63, 3.8) is 0 Å². The number of hydrogen-bond donors (Lipinski definition) is 1. The Balaban J connectivity index is 2.32. The third-order valence-electron chi connectivity index (χ3n) is 2.65. The highest BCUT2D eigenvalue weighted by atomic mass is 32.2. The first-order valence-electron chi connectivity index (χ1n) is 5.76. The number of amidine groups is 1. The monoisotopic (exact) mass is 270 g/mol. The van der Waals surface area contributed by atoms with E-state index < -0.39 is 0 Å². The first kappa shape index (κ1) is 13.2. The lowest BCUT2D eigenvalue weighted by Crippen LogP contribution is -2.12. The van der Waals surface area contributed by atoms with Crippen molar-refractivity contribution in [2.75, 3.05) is 6.26 Å². The molecule has 0 bridgehead atoms. The van der Waals surface area contributed by atoms with Crippen LogP contribution in [0.3, 0.4) is 0 Å². The summed E-state index contributed by atoms with van der Waals surface area (Å²) >= 11 is 1.41. The summed E-state index contributed by atoms with van der Waals surface area (Å²) in [6.07, 6.45) is 7.78. The number of benzene rings is 1. The fraction of sp³-hybridized carbons (Fsp3) is 0.143. The van der Waals surface area contributed by atoms with E-state index >= 15 is 0 Å². The minimum Gasteiger partial charge on any atom is -0.324 e. The molecule has 5 heteroatoms. The molecule has 0 unspecified atom stereocenters. The van der Waals surface area contributed by atoms with Crippen LogP contribution in [0.2, 0.25) is 0 Å². The van der Waals surface area contributed by atoms with Crippen LogP contribution < -0.4 is 5.32 Å². The quantitative estimate of drug-likeness (QED) is 0.394. The van der Waals surface area contributed by atoms with Crippen molar-refractivity contribution in [1.82, 2.24) is 9.88 Å². The normalized spacial score (nSPS) is 11.1. The molecule has 0 aliphatic heterocycles. The van der Waals surface area contributed by atoms with Gasteiger partial charge in [0.15, 0.2) is 11.4 Å². The standard InChI is InChI=1S/C14H14N4S/c1-11-9-12(17-14(19-2)16-10-15)5-6-13(11)18-7-3-4-8-18/h3-9H,1-2H3,(H,16,17). The number of aliphatic imine (C=N–C) groups is 1. The lowest BCUT2D eigenvalue weighted by Gasteiger charge is -2.08. The maximum absolute atomic E-state index is 8.61. The predicted octanol–water partition coefficient (Wildman–Crippen LogP) is 3.21. The second kappa shape index (κ2) is 6.12. The summed E-state index contributed by atoms with van der Waals surface area (Å²) in [5.41, 5.74) is 3.10. The van der Waals surface area contributed by atoms with E-state index in [1.165, 1.54) is 11.8 Å². The van der Waals surface area contributed by atoms with Crippen LogP contribution in [-0.2, 0) is 0 Å². The third-order valence-corrected chi connectivity index (χ3v) is 3.23. The van der Waals surface area contributed by atoms with Gasteiger partial charge in [0.1, 0.15) is 0 Å². The summed E-state index contributed by atoms with van der Waals surface area (Å²) < 4.78 is 2.06. The zero-order valence-electron chi connectivity index (χ0n) is 10.8. The van der Waals surface area contributed by atoms with Crippen LogP contribution in [0.15, 0.2) is 47.7 Å². The highest BCUT2D eigenvalue weighted by Crippen LogP contribution is 2.21. The fourth-order valence-electron chi connectivity index (χ4n) is 1.78. The minimum absolute atomic E-state index is 0.593. The summed E-state index contributed by atoms with van der Waals surface area (Å²) in [5.74, 6) is 0. The van der Waals surface area contributed by atoms with Crippen molar-refractivity contribution >= 4 is 22.6 Å². The molecule has 1 aromatic heterocycles. The van der Waals surface area contributed by atoms with Crippen molar-refractivity contribution in [1.29, 1.82) is 5.26 Å². The molecule has 1 N–H and O–H groups in total. The number of aryl methyl sites for hydroxylation is 1. The van der Waals surface area contributed by atoms with Gasteiger partial charge in [0.05, 0.1) is 5.69 Å². The van der Waals surface area contributed by atoms with E-state index in [-0.39, 0.29) is 0 Å². The smallest absolute Gasteiger partial charge is 0.183 e. The van der Waals surface area contributed by atoms with Crippen molar-refractivity contribution in [2.24, 2.45) is 4.99 Å². The number of aromatic nitrogens is 1. The molecule has 0 amide bonds. The van der Waals surface area contributed by atoms with Gasteiger partial charge in [-0.1, -0.05) is 11.8 Å². The van der Waals surface area contributed by atoms with E-state index in [0.29, 0.717) is 5.17 Å². The number of nitrogens with zero attached hydrogens (tertiary/aromatic N) is 3. The molecule has 0 radical (unpaired) electrons. The maximum atomic E-state index is 8.61. The summed E-state index contributed by atoms with van der Waals surface area (Å²) in [5, 5.41) is 11.8. The van der Waals surface area contributed by atoms with E-state index in [1.807, 2.05) is 62.1 Å². The van der Waals surface area contributed by atoms with Crippen molar-refractivity contribution in [3.8, 4) is 11.9 Å². The van der Waals surface area contributed by atoms with Gasteiger partial charge >= 0.3 is 0 Å². The van der Waals surface area contributed by atoms with Crippen LogP contribution in [0.1, 0.15) is 5.56 Å². The van der Waals surface area contributed by atoms with Crippen LogP contribution in [0, 0.1) is 18.4 Å². The molecular weight excluding hydrogens is 256 g/mol. The average molecular weight is 270 g/mol. The molecule has 19 heavy (non-hydrogen) atoms. The highest BCUT2D eigenvalue weighted by molar-refractivity contribution is 8.13. The van der Waals surface area contributed by atoms with Gasteiger partial charge in [-0.3, -0.25) is 5.32 Å². The Labute approximate surface area is 116 Å². The summed E-state index contributed by atoms with van der Waals surface area (Å²) in [4.78, 5) is 4.39. The van der Waals surface area contributed by atoms with Gasteiger partial charge in [0.25, 0.3) is 0 Å². The molecule has 2 rings (SSSR count). The Hall–Kier alpha value is -2.19. The molecule has 0 aliphatic rings. The summed E-state index contributed by atoms with van der Waals surface area (Å²) in [7, 11) is 0. The molecule has 0 saturated heterocycles. The Kier molecular flexibility index (Phi) is 4.26. The van der Waals surface area contributed by atoms with Crippen LogP contribution in [-0.4, -0.2) is 16.0 Å². The fourth-order valence-corrected chi connectivity index (χ4v) is 2.13. The Morgan fingerprint density at radius 2 is 2.11 bits per heavy atom. The van der Waals surface area contributed by atoms with E-state index in [2.05, 4.69) is 14.9 Å². The molecule has 1 aromatic carbocycles. The van der Waals surface area contributed by atoms with Gasteiger partial charge in [-0.05, 0) is 49.1 Å². The Bertz CT molecular complexity index is 623. The number of nitrogens with one attached hydrogen (secondary N) is 1. The van der Waals surface area contributed by atoms with Gasteiger partial charge in [0.2, 0.25) is 0 Å². The largest absolute Gasteiger partial charge is 0.324 e. The molecule has 2 aromatic rings. The summed E-state index contributed by atoms with van der Waals surface area (Å²) in [6.45, 7) is 2.05. The van der Waals surface area contributed by atoms with Crippen molar-refractivity contribution in [3.05, 3.63) is 48.3 Å².